The number of nitrogens with zero attached hydrogens (tertiary/aromatic N) is 14. The van der Waals surface area contributed by atoms with E-state index in [9.17, 15) is 22.0 Å². The Morgan fingerprint density at radius 3 is 1.34 bits per heavy atom. The fourth-order valence-electron chi connectivity index (χ4n) is 11.8. The van der Waals surface area contributed by atoms with Crippen LogP contribution in [0.15, 0.2) is 49.6 Å². The zero-order chi connectivity index (χ0) is 59.3. The first-order chi connectivity index (χ1) is 39.0. The molecule has 0 bridgehead atoms. The van der Waals surface area contributed by atoms with Gasteiger partial charge < -0.3 is 62.0 Å². The van der Waals surface area contributed by atoms with Gasteiger partial charge in [0.25, 0.3) is 0 Å². The third kappa shape index (κ3) is 16.8. The molecule has 10 heterocycles. The van der Waals surface area contributed by atoms with Crippen molar-refractivity contribution in [2.75, 3.05) is 201 Å². The number of amides is 2. The van der Waals surface area contributed by atoms with Crippen molar-refractivity contribution in [3.63, 3.8) is 0 Å². The number of urea groups is 1. The highest BCUT2D eigenvalue weighted by molar-refractivity contribution is 7.89. The molecule has 0 unspecified atom stereocenters. The number of rotatable bonds is 8. The Labute approximate surface area is 485 Å². The minimum atomic E-state index is -3.16. The second kappa shape index (κ2) is 28.9. The van der Waals surface area contributed by atoms with Gasteiger partial charge in [0.15, 0.2) is 11.6 Å². The molecule has 4 aromatic rings. The van der Waals surface area contributed by atoms with Crippen molar-refractivity contribution in [3.8, 4) is 0 Å². The molecule has 454 valence electrons. The van der Waals surface area contributed by atoms with Gasteiger partial charge >= 0.3 is 6.03 Å². The van der Waals surface area contributed by atoms with Crippen LogP contribution in [0, 0.1) is 30.9 Å². The van der Waals surface area contributed by atoms with Crippen LogP contribution in [0.25, 0.3) is 0 Å². The number of hydrogen-bond donors (Lipinski definition) is 4. The molecule has 0 atom stereocenters. The van der Waals surface area contributed by atoms with Gasteiger partial charge in [-0.25, -0.2) is 26.3 Å². The quantitative estimate of drug-likeness (QED) is 0.191. The summed E-state index contributed by atoms with van der Waals surface area (Å²) in [4.78, 5) is 47.7. The molecule has 82 heavy (non-hydrogen) atoms. The van der Waals surface area contributed by atoms with Crippen molar-refractivity contribution in [2.45, 2.75) is 71.6 Å². The van der Waals surface area contributed by atoms with Crippen molar-refractivity contribution in [2.24, 2.45) is 5.41 Å². The van der Waals surface area contributed by atoms with Gasteiger partial charge in [-0.2, -0.15) is 0 Å². The standard InChI is InChI=1S/C15H23FN6O.C15H24N4O.C14H23FN4.C13H22N4O2S/c1-19-2-4-21(5-3-19)15(23)22-8-6-20(7-9-22)14-12(16)10-18-11-13(14)17;1-12-10-17-11-14(16)15(12)19-4-2-13(3-5-19)18-6-8-20-9-7-18;1-14(2,3)10-18-4-6-19(7-5-18)13-11(15)8-17-9-12(13)16;1-10-8-15-9-12(14)13(10)17-6-4-11(5-7-17)20(18,19)16(2)3/h10-11H,2-9,17H2,1H3;10-11,13H,2-9,16H2,1H3;8-9H,4-7,10,16H2,1-3H3;8-9,11H,4-7,14H2,1-3H3. The minimum Gasteiger partial charge on any atom is -0.396 e. The summed E-state index contributed by atoms with van der Waals surface area (Å²) < 4.78 is 58.8. The highest BCUT2D eigenvalue weighted by Crippen LogP contribution is 2.33. The maximum Gasteiger partial charge on any atom is 0.320 e. The highest BCUT2D eigenvalue weighted by Gasteiger charge is 2.34. The van der Waals surface area contributed by atoms with Crippen molar-refractivity contribution in [3.05, 3.63) is 72.3 Å². The van der Waals surface area contributed by atoms with Crippen LogP contribution < -0.4 is 42.5 Å². The smallest absolute Gasteiger partial charge is 0.320 e. The summed E-state index contributed by atoms with van der Waals surface area (Å²) in [5.41, 5.74) is 31.5. The van der Waals surface area contributed by atoms with E-state index in [0.717, 1.165) is 115 Å². The fourth-order valence-corrected chi connectivity index (χ4v) is 13.2. The number of piperidine rings is 2. The summed E-state index contributed by atoms with van der Waals surface area (Å²) in [6.07, 6.45) is 16.1. The number of likely N-dealkylation sites (N-methyl/N-ethyl adjacent to an activating group) is 1. The monoisotopic (exact) mass is 1160 g/mol. The molecule has 25 heteroatoms. The Kier molecular flexibility index (Phi) is 22.4. The number of aromatic nitrogens is 4. The van der Waals surface area contributed by atoms with Crippen LogP contribution in [0.2, 0.25) is 0 Å². The first kappa shape index (κ1) is 63.5. The van der Waals surface area contributed by atoms with Crippen LogP contribution in [0.3, 0.4) is 0 Å². The van der Waals surface area contributed by atoms with Gasteiger partial charge in [0.2, 0.25) is 10.0 Å². The van der Waals surface area contributed by atoms with E-state index in [-0.39, 0.29) is 17.1 Å². The number of nitrogens with two attached hydrogens (primary N) is 4. The summed E-state index contributed by atoms with van der Waals surface area (Å²) >= 11 is 0. The number of carbonyl (C=O) groups is 1. The van der Waals surface area contributed by atoms with Gasteiger partial charge in [0, 0.05) is 157 Å². The Morgan fingerprint density at radius 2 is 0.939 bits per heavy atom. The number of pyridine rings is 4. The number of ether oxygens (including phenoxy) is 1. The van der Waals surface area contributed by atoms with E-state index in [1.54, 1.807) is 32.7 Å². The lowest BCUT2D eigenvalue weighted by Gasteiger charge is -2.41. The zero-order valence-corrected chi connectivity index (χ0v) is 50.6. The highest BCUT2D eigenvalue weighted by atomic mass is 32.2. The molecule has 2 amide bonds. The van der Waals surface area contributed by atoms with E-state index in [0.29, 0.717) is 92.0 Å². The molecule has 6 aliphatic rings. The molecule has 22 nitrogen and oxygen atoms in total. The predicted octanol–water partition coefficient (Wildman–Crippen LogP) is 4.37. The van der Waals surface area contributed by atoms with E-state index in [4.69, 9.17) is 27.7 Å². The van der Waals surface area contributed by atoms with Crippen LogP contribution >= 0.6 is 0 Å². The van der Waals surface area contributed by atoms with Gasteiger partial charge in [-0.15, -0.1) is 0 Å². The molecule has 4 aromatic heterocycles. The number of sulfonamides is 1. The third-order valence-electron chi connectivity index (χ3n) is 16.1. The minimum absolute atomic E-state index is 0.0842. The molecule has 6 saturated heterocycles. The second-order valence-corrected chi connectivity index (χ2v) is 26.1. The number of anilines is 8. The lowest BCUT2D eigenvalue weighted by atomic mass is 9.96. The maximum absolute atomic E-state index is 13.9. The van der Waals surface area contributed by atoms with E-state index in [1.807, 2.05) is 32.7 Å². The maximum atomic E-state index is 13.9. The van der Waals surface area contributed by atoms with Crippen LogP contribution in [0.5, 0.6) is 0 Å². The van der Waals surface area contributed by atoms with E-state index < -0.39 is 15.8 Å². The Hall–Kier alpha value is -6.12. The van der Waals surface area contributed by atoms with E-state index >= 15 is 0 Å². The number of piperazine rings is 3. The normalized spacial score (nSPS) is 19.5. The fraction of sp³-hybridized carbons (Fsp3) is 0.632. The summed E-state index contributed by atoms with van der Waals surface area (Å²) in [6.45, 7) is 28.5. The van der Waals surface area contributed by atoms with Crippen LogP contribution in [-0.4, -0.2) is 233 Å². The molecule has 0 aliphatic carbocycles. The largest absolute Gasteiger partial charge is 0.396 e. The Balaban J connectivity index is 0.000000158. The molecule has 0 saturated carbocycles. The first-order valence-corrected chi connectivity index (χ1v) is 30.4. The molecule has 6 fully saturated rings. The predicted molar refractivity (Wildman–Crippen MR) is 326 cm³/mol. The first-order valence-electron chi connectivity index (χ1n) is 28.9. The molecule has 8 N–H and O–H groups in total. The van der Waals surface area contributed by atoms with E-state index in [1.165, 1.54) is 53.2 Å². The molecule has 0 spiro atoms. The topological polar surface area (TPSA) is 248 Å². The van der Waals surface area contributed by atoms with Crippen molar-refractivity contribution < 1.29 is 26.7 Å². The molecule has 10 rings (SSSR count). The molecular weight excluding hydrogens is 1070 g/mol. The Bertz CT molecular complexity index is 2700. The van der Waals surface area contributed by atoms with E-state index in [2.05, 4.69) is 79.2 Å². The summed E-state index contributed by atoms with van der Waals surface area (Å²) in [5, 5.41) is -0.294. The second-order valence-electron chi connectivity index (χ2n) is 23.7. The van der Waals surface area contributed by atoms with Gasteiger partial charge in [0.1, 0.15) is 0 Å². The van der Waals surface area contributed by atoms with Crippen molar-refractivity contribution in [1.82, 2.24) is 48.7 Å². The van der Waals surface area contributed by atoms with Crippen molar-refractivity contribution in [1.29, 1.82) is 0 Å². The van der Waals surface area contributed by atoms with Gasteiger partial charge in [-0.3, -0.25) is 29.7 Å². The molecule has 6 aliphatic heterocycles. The van der Waals surface area contributed by atoms with Gasteiger partial charge in [-0.1, -0.05) is 20.8 Å². The number of aryl methyl sites for hydroxylation is 2. The lowest BCUT2D eigenvalue weighted by Crippen LogP contribution is -2.56. The third-order valence-corrected chi connectivity index (χ3v) is 18.4. The van der Waals surface area contributed by atoms with Crippen molar-refractivity contribution >= 4 is 61.6 Å². The average molecular weight is 1160 g/mol. The number of halogens is 2. The summed E-state index contributed by atoms with van der Waals surface area (Å²) in [5.74, 6) is -0.742. The van der Waals surface area contributed by atoms with Crippen LogP contribution in [0.4, 0.5) is 59.1 Å². The SMILES string of the molecule is CC(C)(C)CN1CCN(c2c(N)cncc2F)CC1.CN1CCN(C(=O)N2CCN(c3c(N)cncc3F)CC2)CC1.Cc1cncc(N)c1N1CCC(N2CCOCC2)CC1.Cc1cncc(N)c1N1CCC(S(=O)(=O)N(C)C)CC1. The molecule has 0 aromatic carbocycles. The zero-order valence-electron chi connectivity index (χ0n) is 49.8. The summed E-state index contributed by atoms with van der Waals surface area (Å²) in [6, 6.07) is 0.791. The molecule has 0 radical (unpaired) electrons. The lowest BCUT2D eigenvalue weighted by molar-refractivity contribution is 0.0115. The number of hydrogen-bond acceptors (Lipinski definition) is 19. The average Bonchev–Trinajstić information content (AvgIpc) is 3.51. The number of nitrogen functional groups attached to an aromatic ring is 4. The number of morpholine rings is 1. The Morgan fingerprint density at radius 1 is 0.561 bits per heavy atom. The number of carbonyl (C=O) groups excluding carboxylic acids is 1. The van der Waals surface area contributed by atoms with Crippen LogP contribution in [0.1, 0.15) is 57.6 Å². The molecular formula is C57H92F2N18O4S. The van der Waals surface area contributed by atoms with Crippen LogP contribution in [-0.2, 0) is 14.8 Å². The van der Waals surface area contributed by atoms with Gasteiger partial charge in [-0.05, 0) is 63.1 Å². The van der Waals surface area contributed by atoms with Gasteiger partial charge in [0.05, 0.1) is 101 Å². The summed E-state index contributed by atoms with van der Waals surface area (Å²) in [7, 11) is 2.08.